The first-order valence-corrected chi connectivity index (χ1v) is 6.24. The average Bonchev–Trinajstić information content (AvgIpc) is 2.79. The molecule has 20 heavy (non-hydrogen) atoms. The van der Waals surface area contributed by atoms with Gasteiger partial charge in [0.15, 0.2) is 0 Å². The number of amides is 1. The van der Waals surface area contributed by atoms with Gasteiger partial charge >= 0.3 is 0 Å². The zero-order chi connectivity index (χ0) is 14.5. The summed E-state index contributed by atoms with van der Waals surface area (Å²) in [7, 11) is 1.62. The van der Waals surface area contributed by atoms with Crippen molar-refractivity contribution in [2.45, 2.75) is 13.8 Å². The van der Waals surface area contributed by atoms with E-state index in [0.717, 1.165) is 22.6 Å². The molecule has 0 fully saturated rings. The Morgan fingerprint density at radius 1 is 1.30 bits per heavy atom. The first kappa shape index (κ1) is 13.9. The first-order valence-electron chi connectivity index (χ1n) is 6.24. The van der Waals surface area contributed by atoms with Crippen LogP contribution in [0.5, 0.6) is 5.75 Å². The molecular weight excluding hydrogens is 254 g/mol. The SMILES string of the molecule is COc1ccc(/C=N/NC(=O)c2c(C)c[nH]c2C)cc1. The number of aryl methyl sites for hydroxylation is 2. The highest BCUT2D eigenvalue weighted by Gasteiger charge is 2.12. The maximum atomic E-state index is 12.0. The van der Waals surface area contributed by atoms with Crippen molar-refractivity contribution in [2.24, 2.45) is 5.10 Å². The van der Waals surface area contributed by atoms with Gasteiger partial charge in [-0.05, 0) is 49.2 Å². The maximum absolute atomic E-state index is 12.0. The lowest BCUT2D eigenvalue weighted by atomic mass is 10.1. The van der Waals surface area contributed by atoms with Crippen LogP contribution in [0.4, 0.5) is 0 Å². The number of aromatic nitrogens is 1. The summed E-state index contributed by atoms with van der Waals surface area (Å²) in [6.45, 7) is 3.74. The number of nitrogens with zero attached hydrogens (tertiary/aromatic N) is 1. The summed E-state index contributed by atoms with van der Waals surface area (Å²) in [4.78, 5) is 15.0. The molecule has 0 atom stereocenters. The van der Waals surface area contributed by atoms with Crippen molar-refractivity contribution < 1.29 is 9.53 Å². The van der Waals surface area contributed by atoms with Crippen LogP contribution in [0.2, 0.25) is 0 Å². The number of carbonyl (C=O) groups excluding carboxylic acids is 1. The highest BCUT2D eigenvalue weighted by Crippen LogP contribution is 2.12. The molecule has 0 saturated carbocycles. The van der Waals surface area contributed by atoms with E-state index >= 15 is 0 Å². The summed E-state index contributed by atoms with van der Waals surface area (Å²) in [5.74, 6) is 0.566. The number of rotatable bonds is 4. The fourth-order valence-electron chi connectivity index (χ4n) is 1.92. The smallest absolute Gasteiger partial charge is 0.273 e. The summed E-state index contributed by atoms with van der Waals surface area (Å²) in [6, 6.07) is 7.40. The predicted octanol–water partition coefficient (Wildman–Crippen LogP) is 2.40. The molecular formula is C15H17N3O2. The highest BCUT2D eigenvalue weighted by molar-refractivity contribution is 5.97. The molecule has 0 saturated heterocycles. The number of carbonyl (C=O) groups is 1. The second kappa shape index (κ2) is 6.06. The van der Waals surface area contributed by atoms with Gasteiger partial charge in [0.2, 0.25) is 0 Å². The van der Waals surface area contributed by atoms with Crippen molar-refractivity contribution in [3.63, 3.8) is 0 Å². The Morgan fingerprint density at radius 2 is 2.00 bits per heavy atom. The number of H-pyrrole nitrogens is 1. The number of hydrogen-bond acceptors (Lipinski definition) is 3. The molecule has 5 heteroatoms. The molecule has 2 aromatic rings. The Kier molecular flexibility index (Phi) is 4.20. The minimum absolute atomic E-state index is 0.217. The third kappa shape index (κ3) is 3.06. The van der Waals surface area contributed by atoms with E-state index in [9.17, 15) is 4.79 Å². The minimum Gasteiger partial charge on any atom is -0.497 e. The Labute approximate surface area is 117 Å². The van der Waals surface area contributed by atoms with Gasteiger partial charge in [-0.3, -0.25) is 4.79 Å². The second-order valence-corrected chi connectivity index (χ2v) is 4.44. The van der Waals surface area contributed by atoms with Crippen LogP contribution in [0.15, 0.2) is 35.6 Å². The molecule has 0 aliphatic rings. The largest absolute Gasteiger partial charge is 0.497 e. The molecule has 0 radical (unpaired) electrons. The zero-order valence-corrected chi connectivity index (χ0v) is 11.7. The lowest BCUT2D eigenvalue weighted by molar-refractivity contribution is 0.0954. The molecule has 1 heterocycles. The highest BCUT2D eigenvalue weighted by atomic mass is 16.5. The molecule has 1 aromatic heterocycles. The van der Waals surface area contributed by atoms with Crippen LogP contribution in [0.1, 0.15) is 27.2 Å². The lowest BCUT2D eigenvalue weighted by Gasteiger charge is -2.01. The van der Waals surface area contributed by atoms with Crippen molar-refractivity contribution in [1.29, 1.82) is 0 Å². The van der Waals surface area contributed by atoms with Crippen LogP contribution in [-0.2, 0) is 0 Å². The summed E-state index contributed by atoms with van der Waals surface area (Å²) >= 11 is 0. The van der Waals surface area contributed by atoms with Gasteiger partial charge in [-0.25, -0.2) is 5.43 Å². The number of benzene rings is 1. The van der Waals surface area contributed by atoms with E-state index in [4.69, 9.17) is 4.74 Å². The fourth-order valence-corrected chi connectivity index (χ4v) is 1.92. The maximum Gasteiger partial charge on any atom is 0.273 e. The molecule has 0 aliphatic carbocycles. The van der Waals surface area contributed by atoms with Gasteiger partial charge in [0, 0.05) is 11.9 Å². The number of aromatic amines is 1. The van der Waals surface area contributed by atoms with Crippen LogP contribution in [0.3, 0.4) is 0 Å². The summed E-state index contributed by atoms with van der Waals surface area (Å²) in [6.07, 6.45) is 3.39. The van der Waals surface area contributed by atoms with Gasteiger partial charge in [0.05, 0.1) is 18.9 Å². The summed E-state index contributed by atoms with van der Waals surface area (Å²) < 4.78 is 5.07. The van der Waals surface area contributed by atoms with Crippen molar-refractivity contribution in [3.8, 4) is 5.75 Å². The standard InChI is InChI=1S/C15H17N3O2/c1-10-8-16-11(2)14(10)15(19)18-17-9-12-4-6-13(20-3)7-5-12/h4-9,16H,1-3H3,(H,18,19)/b17-9+. The summed E-state index contributed by atoms with van der Waals surface area (Å²) in [5, 5.41) is 3.96. The van der Waals surface area contributed by atoms with E-state index in [1.54, 1.807) is 19.5 Å². The quantitative estimate of drug-likeness (QED) is 0.662. The number of hydrazone groups is 1. The molecule has 0 spiro atoms. The van der Waals surface area contributed by atoms with Crippen molar-refractivity contribution in [1.82, 2.24) is 10.4 Å². The van der Waals surface area contributed by atoms with Crippen molar-refractivity contribution in [3.05, 3.63) is 52.8 Å². The molecule has 2 N–H and O–H groups in total. The molecule has 1 amide bonds. The average molecular weight is 271 g/mol. The van der Waals surface area contributed by atoms with Gasteiger partial charge in [-0.15, -0.1) is 0 Å². The van der Waals surface area contributed by atoms with E-state index in [1.807, 2.05) is 38.1 Å². The van der Waals surface area contributed by atoms with Crippen LogP contribution in [0, 0.1) is 13.8 Å². The Hall–Kier alpha value is -2.56. The van der Waals surface area contributed by atoms with Gasteiger partial charge in [0.25, 0.3) is 5.91 Å². The topological polar surface area (TPSA) is 66.5 Å². The first-order chi connectivity index (χ1) is 9.61. The van der Waals surface area contributed by atoms with Crippen molar-refractivity contribution in [2.75, 3.05) is 7.11 Å². The van der Waals surface area contributed by atoms with Crippen LogP contribution in [-0.4, -0.2) is 24.2 Å². The Morgan fingerprint density at radius 3 is 2.55 bits per heavy atom. The monoisotopic (exact) mass is 271 g/mol. The zero-order valence-electron chi connectivity index (χ0n) is 11.7. The van der Waals surface area contributed by atoms with Crippen molar-refractivity contribution >= 4 is 12.1 Å². The molecule has 0 unspecified atom stereocenters. The van der Waals surface area contributed by atoms with Gasteiger partial charge in [-0.2, -0.15) is 5.10 Å². The molecule has 0 bridgehead atoms. The fraction of sp³-hybridized carbons (Fsp3) is 0.200. The molecule has 104 valence electrons. The number of methoxy groups -OCH3 is 1. The minimum atomic E-state index is -0.217. The van der Waals surface area contributed by atoms with E-state index in [-0.39, 0.29) is 5.91 Å². The third-order valence-corrected chi connectivity index (χ3v) is 3.00. The summed E-state index contributed by atoms with van der Waals surface area (Å²) in [5.41, 5.74) is 5.78. The second-order valence-electron chi connectivity index (χ2n) is 4.44. The number of ether oxygens (including phenoxy) is 1. The van der Waals surface area contributed by atoms with Crippen LogP contribution >= 0.6 is 0 Å². The van der Waals surface area contributed by atoms with E-state index < -0.39 is 0 Å². The third-order valence-electron chi connectivity index (χ3n) is 3.00. The van der Waals surface area contributed by atoms with Gasteiger partial charge in [-0.1, -0.05) is 0 Å². The predicted molar refractivity (Wildman–Crippen MR) is 78.3 cm³/mol. The van der Waals surface area contributed by atoms with Gasteiger partial charge in [0.1, 0.15) is 5.75 Å². The number of nitrogens with one attached hydrogen (secondary N) is 2. The molecule has 2 rings (SSSR count). The van der Waals surface area contributed by atoms with E-state index in [0.29, 0.717) is 5.56 Å². The van der Waals surface area contributed by atoms with Gasteiger partial charge < -0.3 is 9.72 Å². The van der Waals surface area contributed by atoms with Crippen LogP contribution < -0.4 is 10.2 Å². The number of hydrogen-bond donors (Lipinski definition) is 2. The normalized spacial score (nSPS) is 10.8. The Balaban J connectivity index is 2.01. The van der Waals surface area contributed by atoms with Crippen LogP contribution in [0.25, 0.3) is 0 Å². The molecule has 0 aliphatic heterocycles. The Bertz CT molecular complexity index is 608. The van der Waals surface area contributed by atoms with E-state index in [2.05, 4.69) is 15.5 Å². The molecule has 1 aromatic carbocycles. The molecule has 5 nitrogen and oxygen atoms in total. The van der Waals surface area contributed by atoms with E-state index in [1.165, 1.54) is 0 Å². The lowest BCUT2D eigenvalue weighted by Crippen LogP contribution is -2.18.